The first-order valence-corrected chi connectivity index (χ1v) is 11.6. The monoisotopic (exact) mass is 430 g/mol. The van der Waals surface area contributed by atoms with E-state index >= 15 is 0 Å². The first-order valence-electron chi connectivity index (χ1n) is 10.3. The average molecular weight is 431 g/mol. The van der Waals surface area contributed by atoms with Crippen molar-refractivity contribution in [3.63, 3.8) is 0 Å². The fraction of sp³-hybridized carbons (Fsp3) is 0.231. The number of thioether (sulfide) groups is 1. The molecule has 1 aliphatic rings. The predicted octanol–water partition coefficient (Wildman–Crippen LogP) is 4.99. The van der Waals surface area contributed by atoms with Crippen molar-refractivity contribution in [3.05, 3.63) is 95.1 Å². The Hall–Kier alpha value is -3.05. The van der Waals surface area contributed by atoms with E-state index in [0.29, 0.717) is 18.5 Å². The maximum atomic E-state index is 13.6. The molecule has 0 radical (unpaired) electrons. The zero-order valence-corrected chi connectivity index (χ0v) is 18.8. The van der Waals surface area contributed by atoms with Crippen LogP contribution in [0.3, 0.4) is 0 Å². The van der Waals surface area contributed by atoms with Crippen molar-refractivity contribution in [1.29, 1.82) is 0 Å². The lowest BCUT2D eigenvalue weighted by Gasteiger charge is -2.44. The SMILES string of the molecule is CSc1cccc(N2C(=O)c3ccccc3C[C@]2(C)C(=O)NCc2ccc(C)cc2)c1. The number of anilines is 1. The third-order valence-electron chi connectivity index (χ3n) is 5.85. The van der Waals surface area contributed by atoms with Crippen LogP contribution >= 0.6 is 11.8 Å². The minimum atomic E-state index is -1.03. The number of fused-ring (bicyclic) bond motifs is 1. The third kappa shape index (κ3) is 4.10. The second-order valence-corrected chi connectivity index (χ2v) is 9.00. The number of nitrogens with one attached hydrogen (secondary N) is 1. The number of carbonyl (C=O) groups is 2. The summed E-state index contributed by atoms with van der Waals surface area (Å²) in [4.78, 5) is 29.8. The summed E-state index contributed by atoms with van der Waals surface area (Å²) in [5.74, 6) is -0.307. The molecule has 0 aromatic heterocycles. The van der Waals surface area contributed by atoms with Crippen LogP contribution in [0.1, 0.15) is 34.0 Å². The second-order valence-electron chi connectivity index (χ2n) is 8.12. The van der Waals surface area contributed by atoms with E-state index in [2.05, 4.69) is 5.32 Å². The van der Waals surface area contributed by atoms with Gasteiger partial charge in [0, 0.05) is 29.1 Å². The smallest absolute Gasteiger partial charge is 0.259 e. The van der Waals surface area contributed by atoms with E-state index in [9.17, 15) is 9.59 Å². The van der Waals surface area contributed by atoms with Crippen LogP contribution in [0.5, 0.6) is 0 Å². The Kier molecular flexibility index (Phi) is 5.88. The standard InChI is InChI=1S/C26H26N2O2S/c1-18-11-13-19(14-12-18)17-27-25(30)26(2)16-20-7-4-5-10-23(20)24(29)28(26)21-8-6-9-22(15-21)31-3/h4-15H,16-17H2,1-3H3,(H,27,30)/t26-/m1/s1. The Balaban J connectivity index is 1.71. The van der Waals surface area contributed by atoms with E-state index in [1.807, 2.05) is 92.9 Å². The van der Waals surface area contributed by atoms with Crippen LogP contribution in [0.4, 0.5) is 5.69 Å². The van der Waals surface area contributed by atoms with Crippen LogP contribution < -0.4 is 10.2 Å². The molecule has 0 saturated carbocycles. The number of aryl methyl sites for hydroxylation is 1. The molecule has 0 unspecified atom stereocenters. The average Bonchev–Trinajstić information content (AvgIpc) is 2.78. The Morgan fingerprint density at radius 3 is 2.55 bits per heavy atom. The summed E-state index contributed by atoms with van der Waals surface area (Å²) in [6.45, 7) is 4.31. The molecule has 1 aliphatic heterocycles. The molecule has 0 fully saturated rings. The fourth-order valence-electron chi connectivity index (χ4n) is 4.09. The Morgan fingerprint density at radius 2 is 1.81 bits per heavy atom. The minimum Gasteiger partial charge on any atom is -0.350 e. The summed E-state index contributed by atoms with van der Waals surface area (Å²) in [5, 5.41) is 3.07. The predicted molar refractivity (Wildman–Crippen MR) is 127 cm³/mol. The van der Waals surface area contributed by atoms with Gasteiger partial charge >= 0.3 is 0 Å². The molecule has 5 heteroatoms. The van der Waals surface area contributed by atoms with Gasteiger partial charge in [-0.2, -0.15) is 0 Å². The maximum Gasteiger partial charge on any atom is 0.259 e. The molecule has 1 atom stereocenters. The van der Waals surface area contributed by atoms with Gasteiger partial charge < -0.3 is 5.32 Å². The van der Waals surface area contributed by atoms with Gasteiger partial charge in [-0.15, -0.1) is 11.8 Å². The van der Waals surface area contributed by atoms with Crippen molar-refractivity contribution >= 4 is 29.3 Å². The Labute approximate surface area is 187 Å². The zero-order valence-electron chi connectivity index (χ0n) is 18.0. The quantitative estimate of drug-likeness (QED) is 0.580. The molecule has 3 aromatic carbocycles. The van der Waals surface area contributed by atoms with Crippen molar-refractivity contribution < 1.29 is 9.59 Å². The number of amides is 2. The lowest BCUT2D eigenvalue weighted by molar-refractivity contribution is -0.126. The Bertz CT molecular complexity index is 1130. The molecule has 0 spiro atoms. The first-order chi connectivity index (χ1) is 14.9. The van der Waals surface area contributed by atoms with Gasteiger partial charge in [0.05, 0.1) is 0 Å². The zero-order chi connectivity index (χ0) is 22.0. The fourth-order valence-corrected chi connectivity index (χ4v) is 4.54. The molecule has 0 aliphatic carbocycles. The number of hydrogen-bond donors (Lipinski definition) is 1. The first kappa shape index (κ1) is 21.2. The third-order valence-corrected chi connectivity index (χ3v) is 6.58. The molecule has 4 rings (SSSR count). The van der Waals surface area contributed by atoms with Crippen LogP contribution in [0.15, 0.2) is 77.7 Å². The minimum absolute atomic E-state index is 0.145. The summed E-state index contributed by atoms with van der Waals surface area (Å²) in [7, 11) is 0. The molecule has 0 saturated heterocycles. The van der Waals surface area contributed by atoms with Crippen LogP contribution in [-0.2, 0) is 17.8 Å². The topological polar surface area (TPSA) is 49.4 Å². The number of nitrogens with zero attached hydrogens (tertiary/aromatic N) is 1. The second kappa shape index (κ2) is 8.60. The molecular formula is C26H26N2O2S. The van der Waals surface area contributed by atoms with E-state index in [1.165, 1.54) is 5.56 Å². The summed E-state index contributed by atoms with van der Waals surface area (Å²) in [6, 6.07) is 23.5. The molecule has 31 heavy (non-hydrogen) atoms. The van der Waals surface area contributed by atoms with Crippen molar-refractivity contribution in [2.75, 3.05) is 11.2 Å². The van der Waals surface area contributed by atoms with Crippen LogP contribution in [0.2, 0.25) is 0 Å². The number of benzene rings is 3. The highest BCUT2D eigenvalue weighted by molar-refractivity contribution is 7.98. The molecule has 3 aromatic rings. The highest BCUT2D eigenvalue weighted by Gasteiger charge is 2.47. The van der Waals surface area contributed by atoms with Gasteiger partial charge in [0.15, 0.2) is 0 Å². The van der Waals surface area contributed by atoms with E-state index < -0.39 is 5.54 Å². The van der Waals surface area contributed by atoms with Gasteiger partial charge in [0.25, 0.3) is 5.91 Å². The van der Waals surface area contributed by atoms with Gasteiger partial charge in [-0.3, -0.25) is 14.5 Å². The van der Waals surface area contributed by atoms with Crippen LogP contribution in [0, 0.1) is 6.92 Å². The van der Waals surface area contributed by atoms with Crippen molar-refractivity contribution in [2.45, 2.75) is 37.2 Å². The normalized spacial score (nSPS) is 17.9. The highest BCUT2D eigenvalue weighted by atomic mass is 32.2. The summed E-state index contributed by atoms with van der Waals surface area (Å²) >= 11 is 1.61. The van der Waals surface area contributed by atoms with E-state index in [0.717, 1.165) is 21.7 Å². The number of rotatable bonds is 5. The molecular weight excluding hydrogens is 404 g/mol. The largest absolute Gasteiger partial charge is 0.350 e. The van der Waals surface area contributed by atoms with Gasteiger partial charge in [-0.25, -0.2) is 0 Å². The lowest BCUT2D eigenvalue weighted by atomic mass is 9.82. The van der Waals surface area contributed by atoms with Gasteiger partial charge in [-0.1, -0.05) is 54.1 Å². The van der Waals surface area contributed by atoms with Crippen molar-refractivity contribution in [2.24, 2.45) is 0 Å². The molecule has 2 amide bonds. The lowest BCUT2D eigenvalue weighted by Crippen LogP contribution is -2.63. The molecule has 4 nitrogen and oxygen atoms in total. The summed E-state index contributed by atoms with van der Waals surface area (Å²) in [5.41, 5.74) is 3.46. The van der Waals surface area contributed by atoms with Gasteiger partial charge in [-0.05, 0) is 55.5 Å². The van der Waals surface area contributed by atoms with Crippen molar-refractivity contribution in [1.82, 2.24) is 5.32 Å². The van der Waals surface area contributed by atoms with Gasteiger partial charge in [0.2, 0.25) is 5.91 Å². The molecule has 158 valence electrons. The van der Waals surface area contributed by atoms with Gasteiger partial charge in [0.1, 0.15) is 5.54 Å². The molecule has 1 heterocycles. The summed E-state index contributed by atoms with van der Waals surface area (Å²) < 4.78 is 0. The number of carbonyl (C=O) groups excluding carboxylic acids is 2. The van der Waals surface area contributed by atoms with Crippen LogP contribution in [0.25, 0.3) is 0 Å². The van der Waals surface area contributed by atoms with Crippen LogP contribution in [-0.4, -0.2) is 23.6 Å². The number of hydrogen-bond acceptors (Lipinski definition) is 3. The Morgan fingerprint density at radius 1 is 1.06 bits per heavy atom. The maximum absolute atomic E-state index is 13.6. The highest BCUT2D eigenvalue weighted by Crippen LogP contribution is 2.36. The molecule has 1 N–H and O–H groups in total. The van der Waals surface area contributed by atoms with Crippen molar-refractivity contribution in [3.8, 4) is 0 Å². The molecule has 0 bridgehead atoms. The summed E-state index contributed by atoms with van der Waals surface area (Å²) in [6.07, 6.45) is 2.46. The van der Waals surface area contributed by atoms with E-state index in [1.54, 1.807) is 16.7 Å². The van der Waals surface area contributed by atoms with E-state index in [-0.39, 0.29) is 11.8 Å². The van der Waals surface area contributed by atoms with E-state index in [4.69, 9.17) is 0 Å².